The molecule has 0 atom stereocenters. The largest absolute Gasteiger partial charge is 0.493 e. The van der Waals surface area contributed by atoms with Crippen LogP contribution in [-0.2, 0) is 16.0 Å². The number of pyridine rings is 1. The monoisotopic (exact) mass is 512 g/mol. The van der Waals surface area contributed by atoms with Gasteiger partial charge in [-0.1, -0.05) is 36.4 Å². The Hall–Kier alpha value is -4.72. The molecule has 1 aliphatic carbocycles. The molecule has 8 heteroatoms. The van der Waals surface area contributed by atoms with E-state index in [-0.39, 0.29) is 5.69 Å². The first-order valence-electron chi connectivity index (χ1n) is 12.0. The van der Waals surface area contributed by atoms with Gasteiger partial charge >= 0.3 is 5.97 Å². The van der Waals surface area contributed by atoms with Gasteiger partial charge in [-0.05, 0) is 65.9 Å². The number of carbonyl (C=O) groups is 2. The Morgan fingerprint density at radius 2 is 1.74 bits per heavy atom. The van der Waals surface area contributed by atoms with Crippen LogP contribution in [0.4, 0.5) is 10.1 Å². The average molecular weight is 513 g/mol. The van der Waals surface area contributed by atoms with E-state index in [0.717, 1.165) is 22.4 Å². The van der Waals surface area contributed by atoms with E-state index in [1.54, 1.807) is 20.3 Å². The number of aromatic nitrogens is 1. The lowest BCUT2D eigenvalue weighted by molar-refractivity contribution is -0.119. The summed E-state index contributed by atoms with van der Waals surface area (Å²) in [7, 11) is 3.17. The zero-order chi connectivity index (χ0) is 26.6. The number of fused-ring (bicyclic) bond motifs is 2. The predicted octanol–water partition coefficient (Wildman–Crippen LogP) is 5.67. The van der Waals surface area contributed by atoms with Crippen molar-refractivity contribution in [2.75, 3.05) is 26.1 Å². The summed E-state index contributed by atoms with van der Waals surface area (Å²) in [6, 6.07) is 18.8. The van der Waals surface area contributed by atoms with E-state index in [1.807, 2.05) is 48.5 Å². The molecule has 0 bridgehead atoms. The van der Waals surface area contributed by atoms with Gasteiger partial charge in [0.2, 0.25) is 0 Å². The number of carbonyl (C=O) groups excluding carboxylic acids is 2. The zero-order valence-corrected chi connectivity index (χ0v) is 20.9. The summed E-state index contributed by atoms with van der Waals surface area (Å²) in [6.07, 6.45) is 3.30. The van der Waals surface area contributed by atoms with Crippen LogP contribution in [0.25, 0.3) is 22.6 Å². The number of para-hydroxylation sites is 2. The standard InChI is InChI=1S/C30H25FN2O5/c1-36-25-14-11-18(16-26(25)37-2)15-19-12-13-21-28(20-7-3-5-9-23(20)33-29(19)21)30(35)38-17-27(34)32-24-10-6-4-8-22(24)31/h3-11,14-16H,12-13,17H2,1-2H3,(H,32,34)/b19-15+. The van der Waals surface area contributed by atoms with Gasteiger partial charge in [0.15, 0.2) is 18.1 Å². The first kappa shape index (κ1) is 25.0. The maximum atomic E-state index is 13.9. The van der Waals surface area contributed by atoms with Crippen molar-refractivity contribution >= 4 is 40.1 Å². The van der Waals surface area contributed by atoms with E-state index in [9.17, 15) is 14.0 Å². The summed E-state index contributed by atoms with van der Waals surface area (Å²) in [5.41, 5.74) is 4.44. The molecule has 3 aromatic carbocycles. The van der Waals surface area contributed by atoms with Crippen LogP contribution in [0.2, 0.25) is 0 Å². The second kappa shape index (κ2) is 10.7. The van der Waals surface area contributed by atoms with E-state index in [1.165, 1.54) is 18.2 Å². The third-order valence-electron chi connectivity index (χ3n) is 6.38. The number of rotatable bonds is 7. The van der Waals surface area contributed by atoms with E-state index in [4.69, 9.17) is 19.2 Å². The highest BCUT2D eigenvalue weighted by Crippen LogP contribution is 2.38. The number of nitrogens with zero attached hydrogens (tertiary/aromatic N) is 1. The molecule has 5 rings (SSSR count). The fraction of sp³-hybridized carbons (Fsp3) is 0.167. The first-order chi connectivity index (χ1) is 18.5. The van der Waals surface area contributed by atoms with Crippen LogP contribution in [-0.4, -0.2) is 37.7 Å². The highest BCUT2D eigenvalue weighted by atomic mass is 19.1. The van der Waals surface area contributed by atoms with Crippen molar-refractivity contribution in [3.8, 4) is 11.5 Å². The van der Waals surface area contributed by atoms with Gasteiger partial charge in [-0.2, -0.15) is 0 Å². The molecule has 0 saturated heterocycles. The summed E-state index contributed by atoms with van der Waals surface area (Å²) in [5, 5.41) is 3.08. The Bertz CT molecular complexity index is 1580. The summed E-state index contributed by atoms with van der Waals surface area (Å²) < 4.78 is 30.0. The van der Waals surface area contributed by atoms with Gasteiger partial charge in [0.25, 0.3) is 5.91 Å². The molecular weight excluding hydrogens is 487 g/mol. The Labute approximate surface area is 218 Å². The molecule has 1 amide bonds. The lowest BCUT2D eigenvalue weighted by Gasteiger charge is -2.13. The lowest BCUT2D eigenvalue weighted by Crippen LogP contribution is -2.22. The summed E-state index contributed by atoms with van der Waals surface area (Å²) >= 11 is 0. The molecule has 192 valence electrons. The molecule has 0 fully saturated rings. The minimum absolute atomic E-state index is 0.0220. The third-order valence-corrected chi connectivity index (χ3v) is 6.38. The molecule has 4 aromatic rings. The number of methoxy groups -OCH3 is 2. The minimum atomic E-state index is -0.632. The van der Waals surface area contributed by atoms with Gasteiger partial charge in [-0.25, -0.2) is 14.2 Å². The van der Waals surface area contributed by atoms with Crippen LogP contribution in [0.1, 0.15) is 33.6 Å². The number of esters is 1. The number of halogens is 1. The molecule has 7 nitrogen and oxygen atoms in total. The Morgan fingerprint density at radius 1 is 0.974 bits per heavy atom. The van der Waals surface area contributed by atoms with Crippen molar-refractivity contribution in [1.82, 2.24) is 4.98 Å². The number of ether oxygens (including phenoxy) is 3. The van der Waals surface area contributed by atoms with E-state index < -0.39 is 24.3 Å². The normalized spacial score (nSPS) is 13.3. The number of hydrogen-bond donors (Lipinski definition) is 1. The van der Waals surface area contributed by atoms with Gasteiger partial charge in [-0.15, -0.1) is 0 Å². The SMILES string of the molecule is COc1ccc(/C=C2\CCc3c2nc2ccccc2c3C(=O)OCC(=O)Nc2ccccc2F)cc1OC. The first-order valence-corrected chi connectivity index (χ1v) is 12.0. The highest BCUT2D eigenvalue weighted by Gasteiger charge is 2.28. The fourth-order valence-electron chi connectivity index (χ4n) is 4.61. The van der Waals surface area contributed by atoms with Gasteiger partial charge in [-0.3, -0.25) is 4.79 Å². The molecular formula is C30H25FN2O5. The summed E-state index contributed by atoms with van der Waals surface area (Å²) in [4.78, 5) is 30.5. The predicted molar refractivity (Wildman–Crippen MR) is 143 cm³/mol. The topological polar surface area (TPSA) is 86.8 Å². The summed E-state index contributed by atoms with van der Waals surface area (Å²) in [6.45, 7) is -0.549. The number of allylic oxidation sites excluding steroid dienone is 1. The van der Waals surface area contributed by atoms with Crippen LogP contribution in [0.5, 0.6) is 11.5 Å². The van der Waals surface area contributed by atoms with Crippen molar-refractivity contribution in [3.05, 3.63) is 94.9 Å². The van der Waals surface area contributed by atoms with Crippen LogP contribution in [0.3, 0.4) is 0 Å². The molecule has 1 aromatic heterocycles. The molecule has 0 radical (unpaired) electrons. The van der Waals surface area contributed by atoms with Gasteiger partial charge in [0, 0.05) is 5.39 Å². The van der Waals surface area contributed by atoms with Crippen molar-refractivity contribution in [2.24, 2.45) is 0 Å². The van der Waals surface area contributed by atoms with E-state index >= 15 is 0 Å². The number of benzene rings is 3. The smallest absolute Gasteiger partial charge is 0.339 e. The van der Waals surface area contributed by atoms with Crippen molar-refractivity contribution < 1.29 is 28.2 Å². The van der Waals surface area contributed by atoms with E-state index in [2.05, 4.69) is 5.32 Å². The van der Waals surface area contributed by atoms with E-state index in [0.29, 0.717) is 40.8 Å². The van der Waals surface area contributed by atoms with Crippen LogP contribution in [0.15, 0.2) is 66.7 Å². The molecule has 38 heavy (non-hydrogen) atoms. The highest BCUT2D eigenvalue weighted by molar-refractivity contribution is 6.08. The minimum Gasteiger partial charge on any atom is -0.493 e. The second-order valence-corrected chi connectivity index (χ2v) is 8.72. The Kier molecular flexibility index (Phi) is 7.04. The molecule has 1 heterocycles. The molecule has 0 unspecified atom stereocenters. The second-order valence-electron chi connectivity index (χ2n) is 8.72. The summed E-state index contributed by atoms with van der Waals surface area (Å²) in [5.74, 6) is -0.582. The Balaban J connectivity index is 1.45. The number of nitrogens with one attached hydrogen (secondary N) is 1. The molecule has 0 spiro atoms. The van der Waals surface area contributed by atoms with Crippen molar-refractivity contribution in [2.45, 2.75) is 12.8 Å². The molecule has 0 saturated carbocycles. The third kappa shape index (κ3) is 4.93. The molecule has 1 aliphatic rings. The fourth-order valence-corrected chi connectivity index (χ4v) is 4.61. The Morgan fingerprint density at radius 3 is 2.53 bits per heavy atom. The number of anilines is 1. The van der Waals surface area contributed by atoms with Crippen molar-refractivity contribution in [3.63, 3.8) is 0 Å². The van der Waals surface area contributed by atoms with Gasteiger partial charge in [0.05, 0.1) is 36.7 Å². The maximum Gasteiger partial charge on any atom is 0.339 e. The van der Waals surface area contributed by atoms with Crippen molar-refractivity contribution in [1.29, 1.82) is 0 Å². The zero-order valence-electron chi connectivity index (χ0n) is 20.9. The van der Waals surface area contributed by atoms with Crippen LogP contribution >= 0.6 is 0 Å². The maximum absolute atomic E-state index is 13.9. The number of hydrogen-bond acceptors (Lipinski definition) is 6. The van der Waals surface area contributed by atoms with Gasteiger partial charge in [0.1, 0.15) is 5.82 Å². The van der Waals surface area contributed by atoms with Crippen LogP contribution in [0, 0.1) is 5.82 Å². The van der Waals surface area contributed by atoms with Gasteiger partial charge < -0.3 is 19.5 Å². The lowest BCUT2D eigenvalue weighted by atomic mass is 10.0. The molecule has 1 N–H and O–H groups in total. The van der Waals surface area contributed by atoms with Crippen LogP contribution < -0.4 is 14.8 Å². The average Bonchev–Trinajstić information content (AvgIpc) is 3.33. The quantitative estimate of drug-likeness (QED) is 0.321. The molecule has 0 aliphatic heterocycles. The number of amides is 1.